The predicted octanol–water partition coefficient (Wildman–Crippen LogP) is 1.44. The van der Waals surface area contributed by atoms with Gasteiger partial charge in [-0.15, -0.1) is 0 Å². The largest absolute Gasteiger partial charge is 0.393 e. The number of anilines is 2. The summed E-state index contributed by atoms with van der Waals surface area (Å²) < 4.78 is 0. The molecule has 0 aromatic carbocycles. The first kappa shape index (κ1) is 18.8. The summed E-state index contributed by atoms with van der Waals surface area (Å²) in [5, 5.41) is 11.7. The minimum absolute atomic E-state index is 0.186. The van der Waals surface area contributed by atoms with Crippen LogP contribution in [0.2, 0.25) is 0 Å². The lowest BCUT2D eigenvalue weighted by Gasteiger charge is -2.40. The number of carbonyl (C=O) groups excluding carboxylic acids is 1. The van der Waals surface area contributed by atoms with Gasteiger partial charge in [-0.3, -0.25) is 9.80 Å². The molecule has 1 aromatic rings. The molecule has 4 heterocycles. The molecule has 1 saturated carbocycles. The number of amides is 1. The molecule has 8 heteroatoms. The fourth-order valence-electron chi connectivity index (χ4n) is 5.39. The van der Waals surface area contributed by atoms with Crippen molar-refractivity contribution in [1.82, 2.24) is 20.3 Å². The molecule has 0 bridgehead atoms. The quantitative estimate of drug-likeness (QED) is 0.797. The van der Waals surface area contributed by atoms with Gasteiger partial charge in [0.05, 0.1) is 29.6 Å². The number of aliphatic hydroxyl groups excluding tert-OH is 1. The first-order valence-electron chi connectivity index (χ1n) is 10.9. The van der Waals surface area contributed by atoms with Gasteiger partial charge < -0.3 is 14.9 Å². The smallest absolute Gasteiger partial charge is 0.230 e. The number of hydrogen-bond donors (Lipinski definition) is 2. The lowest BCUT2D eigenvalue weighted by Crippen LogP contribution is -2.50. The van der Waals surface area contributed by atoms with E-state index in [1.807, 2.05) is 29.7 Å². The molecule has 3 aliphatic heterocycles. The highest BCUT2D eigenvalue weighted by atomic mass is 16.3. The molecule has 1 atom stereocenters. The van der Waals surface area contributed by atoms with E-state index in [1.165, 1.54) is 0 Å². The standard InChI is InChI=1S/C21H30N6O2/c28-18-5-3-16(4-6-18)26-12-8-21(19(26)29)7-1-10-25(15-21)20-22-13-17(14-23-20)27-11-2-9-24-27/h2,11,13-14,16,18,24,28H,1,3-10,12,15H2. The van der Waals surface area contributed by atoms with Crippen molar-refractivity contribution in [2.24, 2.45) is 5.41 Å². The van der Waals surface area contributed by atoms with Crippen LogP contribution in [0, 0.1) is 5.41 Å². The van der Waals surface area contributed by atoms with E-state index in [2.05, 4.69) is 25.2 Å². The van der Waals surface area contributed by atoms with Crippen molar-refractivity contribution in [2.45, 2.75) is 57.1 Å². The third kappa shape index (κ3) is 3.48. The minimum atomic E-state index is -0.296. The van der Waals surface area contributed by atoms with Crippen LogP contribution < -0.4 is 15.3 Å². The Morgan fingerprint density at radius 3 is 2.62 bits per heavy atom. The van der Waals surface area contributed by atoms with Crippen LogP contribution in [0.25, 0.3) is 0 Å². The molecule has 1 aromatic heterocycles. The van der Waals surface area contributed by atoms with E-state index in [0.717, 1.165) is 70.3 Å². The predicted molar refractivity (Wildman–Crippen MR) is 110 cm³/mol. The Kier molecular flexibility index (Phi) is 4.91. The van der Waals surface area contributed by atoms with Crippen molar-refractivity contribution in [2.75, 3.05) is 36.1 Å². The third-order valence-electron chi connectivity index (χ3n) is 7.05. The second-order valence-electron chi connectivity index (χ2n) is 8.87. The van der Waals surface area contributed by atoms with Crippen molar-refractivity contribution < 1.29 is 9.90 Å². The summed E-state index contributed by atoms with van der Waals surface area (Å²) >= 11 is 0. The normalized spacial score (nSPS) is 32.6. The lowest BCUT2D eigenvalue weighted by atomic mass is 9.78. The highest BCUT2D eigenvalue weighted by Crippen LogP contribution is 2.43. The zero-order valence-electron chi connectivity index (χ0n) is 16.8. The summed E-state index contributed by atoms with van der Waals surface area (Å²) in [4.78, 5) is 26.9. The summed E-state index contributed by atoms with van der Waals surface area (Å²) in [5.74, 6) is 1.02. The Morgan fingerprint density at radius 2 is 1.90 bits per heavy atom. The maximum Gasteiger partial charge on any atom is 0.230 e. The molecule has 2 N–H and O–H groups in total. The molecule has 8 nitrogen and oxygen atoms in total. The van der Waals surface area contributed by atoms with Crippen molar-refractivity contribution in [3.63, 3.8) is 0 Å². The monoisotopic (exact) mass is 398 g/mol. The van der Waals surface area contributed by atoms with Crippen LogP contribution >= 0.6 is 0 Å². The van der Waals surface area contributed by atoms with E-state index in [4.69, 9.17) is 0 Å². The van der Waals surface area contributed by atoms with E-state index in [1.54, 1.807) is 0 Å². The van der Waals surface area contributed by atoms with Gasteiger partial charge in [-0.25, -0.2) is 15.4 Å². The van der Waals surface area contributed by atoms with Gasteiger partial charge in [-0.1, -0.05) is 6.08 Å². The molecule has 3 fully saturated rings. The second kappa shape index (κ2) is 7.57. The van der Waals surface area contributed by atoms with Crippen molar-refractivity contribution in [1.29, 1.82) is 0 Å². The van der Waals surface area contributed by atoms with Gasteiger partial charge >= 0.3 is 0 Å². The topological polar surface area (TPSA) is 84.8 Å². The Morgan fingerprint density at radius 1 is 1.10 bits per heavy atom. The molecule has 2 saturated heterocycles. The van der Waals surface area contributed by atoms with E-state index in [-0.39, 0.29) is 11.5 Å². The molecule has 4 aliphatic rings. The maximum atomic E-state index is 13.4. The van der Waals surface area contributed by atoms with Crippen LogP contribution in [0.1, 0.15) is 44.9 Å². The average Bonchev–Trinajstić information content (AvgIpc) is 3.39. The summed E-state index contributed by atoms with van der Waals surface area (Å²) in [7, 11) is 0. The van der Waals surface area contributed by atoms with Gasteiger partial charge in [0.15, 0.2) is 0 Å². The highest BCUT2D eigenvalue weighted by molar-refractivity contribution is 5.86. The maximum absolute atomic E-state index is 13.4. The zero-order valence-corrected chi connectivity index (χ0v) is 16.8. The van der Waals surface area contributed by atoms with Gasteiger partial charge in [-0.05, 0) is 44.9 Å². The van der Waals surface area contributed by atoms with Crippen LogP contribution in [0.5, 0.6) is 0 Å². The van der Waals surface area contributed by atoms with Gasteiger partial charge in [0.1, 0.15) is 0 Å². The number of hydrogen-bond acceptors (Lipinski definition) is 7. The number of aliphatic hydroxyl groups is 1. The fourth-order valence-corrected chi connectivity index (χ4v) is 5.39. The Hall–Kier alpha value is -2.19. The summed E-state index contributed by atoms with van der Waals surface area (Å²) in [5.41, 5.74) is 3.84. The second-order valence-corrected chi connectivity index (χ2v) is 8.87. The summed E-state index contributed by atoms with van der Waals surface area (Å²) in [6.45, 7) is 3.26. The molecule has 1 amide bonds. The summed E-state index contributed by atoms with van der Waals surface area (Å²) in [6.07, 6.45) is 13.9. The molecule has 0 radical (unpaired) electrons. The first-order chi connectivity index (χ1) is 14.1. The fraction of sp³-hybridized carbons (Fsp3) is 0.667. The van der Waals surface area contributed by atoms with E-state index in [0.29, 0.717) is 24.4 Å². The zero-order chi connectivity index (χ0) is 19.8. The van der Waals surface area contributed by atoms with Gasteiger partial charge in [0.2, 0.25) is 11.9 Å². The first-order valence-corrected chi connectivity index (χ1v) is 10.9. The molecule has 1 spiro atoms. The Balaban J connectivity index is 1.28. The van der Waals surface area contributed by atoms with Gasteiger partial charge in [0, 0.05) is 38.4 Å². The van der Waals surface area contributed by atoms with Gasteiger partial charge in [-0.2, -0.15) is 0 Å². The van der Waals surface area contributed by atoms with Crippen molar-refractivity contribution in [3.05, 3.63) is 24.7 Å². The molecule has 1 unspecified atom stereocenters. The van der Waals surface area contributed by atoms with Crippen molar-refractivity contribution in [3.8, 4) is 0 Å². The number of likely N-dealkylation sites (tertiary alicyclic amines) is 1. The molecule has 29 heavy (non-hydrogen) atoms. The lowest BCUT2D eigenvalue weighted by molar-refractivity contribution is -0.139. The number of nitrogens with zero attached hydrogens (tertiary/aromatic N) is 5. The Bertz CT molecular complexity index is 776. The molecule has 5 rings (SSSR count). The molecular weight excluding hydrogens is 368 g/mol. The summed E-state index contributed by atoms with van der Waals surface area (Å²) in [6, 6.07) is 0.303. The number of piperidine rings is 1. The highest BCUT2D eigenvalue weighted by Gasteiger charge is 2.51. The number of rotatable bonds is 3. The van der Waals surface area contributed by atoms with Gasteiger partial charge in [0.25, 0.3) is 0 Å². The number of nitrogens with one attached hydrogen (secondary N) is 1. The van der Waals surface area contributed by atoms with Crippen LogP contribution in [-0.2, 0) is 4.79 Å². The SMILES string of the molecule is O=C1N(C2CCC(O)CC2)CCC12CCCN(c1ncc(N3C=CCN3)cn1)C2. The van der Waals surface area contributed by atoms with E-state index in [9.17, 15) is 9.90 Å². The number of carbonyl (C=O) groups is 1. The van der Waals surface area contributed by atoms with Crippen LogP contribution in [0.15, 0.2) is 24.7 Å². The average molecular weight is 399 g/mol. The van der Waals surface area contributed by atoms with E-state index < -0.39 is 0 Å². The number of hydrazine groups is 1. The molecule has 156 valence electrons. The van der Waals surface area contributed by atoms with E-state index >= 15 is 0 Å². The van der Waals surface area contributed by atoms with Crippen molar-refractivity contribution >= 4 is 17.5 Å². The number of aromatic nitrogens is 2. The minimum Gasteiger partial charge on any atom is -0.393 e. The van der Waals surface area contributed by atoms with Crippen LogP contribution in [0.4, 0.5) is 11.6 Å². The molecule has 1 aliphatic carbocycles. The van der Waals surface area contributed by atoms with Crippen LogP contribution in [0.3, 0.4) is 0 Å². The Labute approximate surface area is 171 Å². The van der Waals surface area contributed by atoms with Crippen LogP contribution in [-0.4, -0.2) is 64.2 Å². The third-order valence-corrected chi connectivity index (χ3v) is 7.05. The molecular formula is C21H30N6O2.